The number of likely N-dealkylation sites (N-methyl/N-ethyl adjacent to an activating group) is 2. The number of carbonyl (C=O) groups is 4. The zero-order valence-electron chi connectivity index (χ0n) is 25.2. The zero-order valence-corrected chi connectivity index (χ0v) is 26.8. The number of hydrogen-bond acceptors (Lipinski definition) is 7. The van der Waals surface area contributed by atoms with Gasteiger partial charge in [0.2, 0.25) is 6.41 Å². The highest BCUT2D eigenvalue weighted by molar-refractivity contribution is 7.80. The van der Waals surface area contributed by atoms with Crippen LogP contribution in [0, 0.1) is 10.8 Å². The van der Waals surface area contributed by atoms with Gasteiger partial charge in [-0.05, 0) is 57.0 Å². The van der Waals surface area contributed by atoms with Crippen molar-refractivity contribution in [3.05, 3.63) is 0 Å². The molecule has 0 unspecified atom stereocenters. The first-order valence-electron chi connectivity index (χ1n) is 14.2. The van der Waals surface area contributed by atoms with E-state index in [0.717, 1.165) is 25.8 Å². The lowest BCUT2D eigenvalue weighted by Gasteiger charge is -2.28. The summed E-state index contributed by atoms with van der Waals surface area (Å²) < 4.78 is 0. The number of thiocarbonyl (C=S) groups is 2. The number of ketones is 2. The van der Waals surface area contributed by atoms with Crippen LogP contribution in [0.1, 0.15) is 92.9 Å². The average molecular weight is 583 g/mol. The van der Waals surface area contributed by atoms with Crippen LogP contribution < -0.4 is 0 Å². The Kier molecular flexibility index (Phi) is 14.9. The fourth-order valence-electron chi connectivity index (χ4n) is 4.30. The van der Waals surface area contributed by atoms with E-state index in [4.69, 9.17) is 24.4 Å². The van der Waals surface area contributed by atoms with Crippen molar-refractivity contribution in [2.75, 3.05) is 46.3 Å². The minimum Gasteiger partial charge on any atom is -0.318 e. The van der Waals surface area contributed by atoms with Gasteiger partial charge in [0.05, 0.1) is 11.5 Å². The smallest absolute Gasteiger partial charge is 0.318 e. The predicted molar refractivity (Wildman–Crippen MR) is 165 cm³/mol. The third-order valence-corrected chi connectivity index (χ3v) is 8.50. The SMILES string of the molecule is CCN(C)CC(=S)N(C=O)CCC(C)(C)CCC(=O)CCC(=O)CCC(C)(C)CCN1C(=O)N(CC)CC1=S. The van der Waals surface area contributed by atoms with E-state index in [-0.39, 0.29) is 41.3 Å². The first-order valence-corrected chi connectivity index (χ1v) is 15.0. The molecule has 3 amide bonds. The highest BCUT2D eigenvalue weighted by atomic mass is 32.1. The molecule has 0 radical (unpaired) electrons. The largest absolute Gasteiger partial charge is 0.325 e. The van der Waals surface area contributed by atoms with E-state index in [1.54, 1.807) is 14.7 Å². The molecule has 1 fully saturated rings. The molecule has 0 spiro atoms. The van der Waals surface area contributed by atoms with Gasteiger partial charge in [0.25, 0.3) is 0 Å². The Morgan fingerprint density at radius 3 is 1.95 bits per heavy atom. The van der Waals surface area contributed by atoms with Crippen LogP contribution in [-0.2, 0) is 14.4 Å². The van der Waals surface area contributed by atoms with Crippen LogP contribution in [0.15, 0.2) is 0 Å². The molecule has 1 aliphatic rings. The molecule has 1 saturated heterocycles. The maximum Gasteiger partial charge on any atom is 0.325 e. The quantitative estimate of drug-likeness (QED) is 0.146. The first kappa shape index (κ1) is 35.2. The van der Waals surface area contributed by atoms with E-state index in [0.29, 0.717) is 68.4 Å². The molecule has 1 aliphatic heterocycles. The van der Waals surface area contributed by atoms with E-state index >= 15 is 0 Å². The molecule has 1 heterocycles. The van der Waals surface area contributed by atoms with Gasteiger partial charge in [0.1, 0.15) is 16.6 Å². The second kappa shape index (κ2) is 16.5. The number of Topliss-reactive ketones (excluding diaryl/α,β-unsaturated/α-hetero) is 2. The first-order chi connectivity index (χ1) is 18.1. The average Bonchev–Trinajstić information content (AvgIpc) is 3.16. The van der Waals surface area contributed by atoms with Crippen LogP contribution in [0.4, 0.5) is 4.79 Å². The monoisotopic (exact) mass is 582 g/mol. The number of carbonyl (C=O) groups excluding carboxylic acids is 4. The maximum absolute atomic E-state index is 12.5. The van der Waals surface area contributed by atoms with Crippen molar-refractivity contribution in [3.63, 3.8) is 0 Å². The van der Waals surface area contributed by atoms with Crippen LogP contribution in [0.2, 0.25) is 0 Å². The summed E-state index contributed by atoms with van der Waals surface area (Å²) in [5.74, 6) is 0.206. The molecule has 8 nitrogen and oxygen atoms in total. The summed E-state index contributed by atoms with van der Waals surface area (Å²) in [4.78, 5) is 57.3. The Bertz CT molecular complexity index is 891. The van der Waals surface area contributed by atoms with E-state index in [9.17, 15) is 19.2 Å². The maximum atomic E-state index is 12.5. The van der Waals surface area contributed by atoms with Crippen molar-refractivity contribution in [1.82, 2.24) is 19.6 Å². The van der Waals surface area contributed by atoms with Gasteiger partial charge in [0.15, 0.2) is 0 Å². The Morgan fingerprint density at radius 2 is 1.49 bits per heavy atom. The molecule has 0 bridgehead atoms. The van der Waals surface area contributed by atoms with Crippen molar-refractivity contribution >= 4 is 58.4 Å². The van der Waals surface area contributed by atoms with Crippen molar-refractivity contribution < 1.29 is 19.2 Å². The minimum atomic E-state index is -0.121. The minimum absolute atomic E-state index is 0.0274. The van der Waals surface area contributed by atoms with Crippen LogP contribution in [-0.4, -0.2) is 99.9 Å². The summed E-state index contributed by atoms with van der Waals surface area (Å²) in [7, 11) is 1.96. The van der Waals surface area contributed by atoms with Gasteiger partial charge < -0.3 is 14.7 Å². The Balaban J connectivity index is 2.35. The number of nitrogens with zero attached hydrogens (tertiary/aromatic N) is 4. The van der Waals surface area contributed by atoms with Crippen LogP contribution >= 0.6 is 24.4 Å². The van der Waals surface area contributed by atoms with Gasteiger partial charge in [-0.15, -0.1) is 0 Å². The molecule has 1 rings (SSSR count). The fourth-order valence-corrected chi connectivity index (χ4v) is 4.98. The third-order valence-electron chi connectivity index (χ3n) is 7.79. The van der Waals surface area contributed by atoms with E-state index in [1.807, 2.05) is 20.9 Å². The van der Waals surface area contributed by atoms with Gasteiger partial charge in [0, 0.05) is 51.9 Å². The molecule has 0 aromatic heterocycles. The molecule has 0 atom stereocenters. The standard InChI is InChI=1S/C29H50N4O4S2/c1-8-30(7)20-25(38)32(22-34)18-16-28(3,4)14-12-23(35)10-11-24(36)13-15-29(5,6)17-19-33-26(39)21-31(9-2)27(33)37/h22H,8-21H2,1-7H3. The van der Waals surface area contributed by atoms with Crippen LogP contribution in [0.5, 0.6) is 0 Å². The number of urea groups is 1. The van der Waals surface area contributed by atoms with Crippen molar-refractivity contribution in [2.45, 2.75) is 92.9 Å². The Hall–Kier alpha value is -1.78. The second-order valence-corrected chi connectivity index (χ2v) is 13.2. The number of hydrogen-bond donors (Lipinski definition) is 0. The van der Waals surface area contributed by atoms with Crippen molar-refractivity contribution in [1.29, 1.82) is 0 Å². The lowest BCUT2D eigenvalue weighted by Crippen LogP contribution is -2.38. The summed E-state index contributed by atoms with van der Waals surface area (Å²) >= 11 is 10.8. The van der Waals surface area contributed by atoms with Gasteiger partial charge in [-0.3, -0.25) is 19.3 Å². The summed E-state index contributed by atoms with van der Waals surface area (Å²) in [6, 6.07) is -0.0274. The second-order valence-electron chi connectivity index (χ2n) is 12.3. The molecule has 0 aromatic rings. The van der Waals surface area contributed by atoms with Gasteiger partial charge >= 0.3 is 6.03 Å². The molecular weight excluding hydrogens is 532 g/mol. The molecule has 222 valence electrons. The van der Waals surface area contributed by atoms with Gasteiger partial charge in [-0.1, -0.05) is 59.1 Å². The molecule has 0 aliphatic carbocycles. The summed E-state index contributed by atoms with van der Waals surface area (Å²) in [6.07, 6.45) is 5.11. The normalized spacial score (nSPS) is 14.4. The van der Waals surface area contributed by atoms with Crippen molar-refractivity contribution in [3.8, 4) is 0 Å². The molecule has 39 heavy (non-hydrogen) atoms. The van der Waals surface area contributed by atoms with Crippen LogP contribution in [0.3, 0.4) is 0 Å². The van der Waals surface area contributed by atoms with Gasteiger partial charge in [-0.25, -0.2) is 4.79 Å². The van der Waals surface area contributed by atoms with E-state index in [1.165, 1.54) is 0 Å². The highest BCUT2D eigenvalue weighted by Gasteiger charge is 2.33. The topological polar surface area (TPSA) is 81.2 Å². The highest BCUT2D eigenvalue weighted by Crippen LogP contribution is 2.30. The predicted octanol–water partition coefficient (Wildman–Crippen LogP) is 5.12. The summed E-state index contributed by atoms with van der Waals surface area (Å²) in [6.45, 7) is 16.1. The molecule has 0 aromatic carbocycles. The molecule has 10 heteroatoms. The van der Waals surface area contributed by atoms with E-state index in [2.05, 4.69) is 32.6 Å². The Morgan fingerprint density at radius 1 is 0.949 bits per heavy atom. The molecule has 0 N–H and O–H groups in total. The summed E-state index contributed by atoms with van der Waals surface area (Å²) in [5, 5.41) is 0. The Labute approximate surface area is 246 Å². The van der Waals surface area contributed by atoms with E-state index < -0.39 is 0 Å². The number of rotatable bonds is 20. The zero-order chi connectivity index (χ0) is 29.8. The third kappa shape index (κ3) is 13.0. The number of amides is 3. The molecule has 0 saturated carbocycles. The van der Waals surface area contributed by atoms with Crippen molar-refractivity contribution in [2.24, 2.45) is 10.8 Å². The lowest BCUT2D eigenvalue weighted by molar-refractivity contribution is -0.124. The fraction of sp³-hybridized carbons (Fsp3) is 0.793. The van der Waals surface area contributed by atoms with Crippen LogP contribution in [0.25, 0.3) is 0 Å². The summed E-state index contributed by atoms with van der Waals surface area (Å²) in [5.41, 5.74) is -0.229. The van der Waals surface area contributed by atoms with Gasteiger partial charge in [-0.2, -0.15) is 0 Å². The lowest BCUT2D eigenvalue weighted by atomic mass is 9.82. The molecular formula is C29H50N4O4S2.